The minimum atomic E-state index is -0.656. The van der Waals surface area contributed by atoms with Crippen molar-refractivity contribution in [2.75, 3.05) is 6.54 Å². The minimum Gasteiger partial charge on any atom is -0.484 e. The highest BCUT2D eigenvalue weighted by Gasteiger charge is 2.18. The van der Waals surface area contributed by atoms with Gasteiger partial charge in [-0.25, -0.2) is 4.79 Å². The van der Waals surface area contributed by atoms with Gasteiger partial charge in [0.25, 0.3) is 5.91 Å². The molecule has 5 heteroatoms. The van der Waals surface area contributed by atoms with Gasteiger partial charge in [-0.2, -0.15) is 0 Å². The van der Waals surface area contributed by atoms with Crippen LogP contribution >= 0.6 is 0 Å². The first-order valence-corrected chi connectivity index (χ1v) is 7.86. The number of hydrogen-bond donors (Lipinski definition) is 1. The molecule has 5 nitrogen and oxygen atoms in total. The van der Waals surface area contributed by atoms with Crippen LogP contribution in [0.1, 0.15) is 50.9 Å². The number of para-hydroxylation sites is 1. The second-order valence-electron chi connectivity index (χ2n) is 6.45. The van der Waals surface area contributed by atoms with E-state index in [4.69, 9.17) is 9.15 Å². The summed E-state index contributed by atoms with van der Waals surface area (Å²) in [6, 6.07) is 6.90. The molecule has 0 atom stereocenters. The summed E-state index contributed by atoms with van der Waals surface area (Å²) >= 11 is 0. The van der Waals surface area contributed by atoms with Crippen molar-refractivity contribution in [2.45, 2.75) is 46.1 Å². The van der Waals surface area contributed by atoms with Crippen LogP contribution in [-0.2, 0) is 0 Å². The maximum Gasteiger partial charge on any atom is 0.349 e. The van der Waals surface area contributed by atoms with E-state index in [0.717, 1.165) is 12.8 Å². The molecule has 1 heterocycles. The van der Waals surface area contributed by atoms with Gasteiger partial charge < -0.3 is 14.5 Å². The van der Waals surface area contributed by atoms with E-state index in [-0.39, 0.29) is 5.56 Å². The molecular formula is C18H23NO4. The first-order valence-electron chi connectivity index (χ1n) is 7.86. The maximum absolute atomic E-state index is 12.1. The van der Waals surface area contributed by atoms with Gasteiger partial charge in [-0.05, 0) is 39.3 Å². The quantitative estimate of drug-likeness (QED) is 0.677. The lowest BCUT2D eigenvalue weighted by atomic mass is 10.1. The third kappa shape index (κ3) is 4.34. The van der Waals surface area contributed by atoms with Gasteiger partial charge in [-0.3, -0.25) is 4.79 Å². The lowest BCUT2D eigenvalue weighted by Crippen LogP contribution is -2.29. The van der Waals surface area contributed by atoms with Crippen LogP contribution in [0.5, 0.6) is 5.75 Å². The number of hydrogen-bond acceptors (Lipinski definition) is 4. The molecule has 0 saturated heterocycles. The Kier molecular flexibility index (Phi) is 5.08. The number of rotatable bonds is 5. The zero-order chi connectivity index (χ0) is 17.0. The summed E-state index contributed by atoms with van der Waals surface area (Å²) in [5.74, 6) is 0.0845. The summed E-state index contributed by atoms with van der Waals surface area (Å²) in [6.07, 6.45) is 1.84. The van der Waals surface area contributed by atoms with Gasteiger partial charge in [0.2, 0.25) is 0 Å². The minimum absolute atomic E-state index is 0.0153. The fourth-order valence-electron chi connectivity index (χ4n) is 2.16. The van der Waals surface area contributed by atoms with E-state index in [9.17, 15) is 9.59 Å². The molecule has 1 aromatic heterocycles. The van der Waals surface area contributed by atoms with Gasteiger partial charge in [0.15, 0.2) is 11.3 Å². The number of amides is 1. The molecule has 0 aliphatic carbocycles. The summed E-state index contributed by atoms with van der Waals surface area (Å²) in [5, 5.41) is 3.39. The van der Waals surface area contributed by atoms with Crippen molar-refractivity contribution in [3.63, 3.8) is 0 Å². The monoisotopic (exact) mass is 317 g/mol. The van der Waals surface area contributed by atoms with E-state index in [2.05, 4.69) is 5.32 Å². The fraction of sp³-hybridized carbons (Fsp3) is 0.444. The van der Waals surface area contributed by atoms with Crippen molar-refractivity contribution in [3.8, 4) is 5.75 Å². The second kappa shape index (κ2) is 6.86. The number of fused-ring (bicyclic) bond motifs is 1. The van der Waals surface area contributed by atoms with Crippen molar-refractivity contribution in [1.29, 1.82) is 0 Å². The Morgan fingerprint density at radius 2 is 2.04 bits per heavy atom. The summed E-state index contributed by atoms with van der Waals surface area (Å²) in [6.45, 7) is 8.33. The average Bonchev–Trinajstić information content (AvgIpc) is 2.46. The Labute approximate surface area is 135 Å². The summed E-state index contributed by atoms with van der Waals surface area (Å²) < 4.78 is 11.2. The van der Waals surface area contributed by atoms with Crippen LogP contribution in [0.4, 0.5) is 0 Å². The Morgan fingerprint density at radius 3 is 2.70 bits per heavy atom. The van der Waals surface area contributed by atoms with Gasteiger partial charge >= 0.3 is 5.63 Å². The molecule has 0 aliphatic heterocycles. The second-order valence-corrected chi connectivity index (χ2v) is 6.45. The molecule has 0 unspecified atom stereocenters. The summed E-state index contributed by atoms with van der Waals surface area (Å²) in [7, 11) is 0. The van der Waals surface area contributed by atoms with E-state index < -0.39 is 17.1 Å². The predicted octanol–water partition coefficient (Wildman–Crippen LogP) is 3.50. The van der Waals surface area contributed by atoms with Gasteiger partial charge in [0.1, 0.15) is 11.2 Å². The standard InChI is InChI=1S/C18H23NO4/c1-5-6-10-19-16(20)13-11-12-8-7-9-14(23-18(2,3)4)15(12)22-17(13)21/h7-9,11H,5-6,10H2,1-4H3,(H,19,20). The highest BCUT2D eigenvalue weighted by Crippen LogP contribution is 2.28. The highest BCUT2D eigenvalue weighted by atomic mass is 16.5. The number of nitrogens with one attached hydrogen (secondary N) is 1. The van der Waals surface area contributed by atoms with Crippen LogP contribution in [-0.4, -0.2) is 18.1 Å². The lowest BCUT2D eigenvalue weighted by Gasteiger charge is -2.21. The molecule has 0 saturated carbocycles. The third-order valence-corrected chi connectivity index (χ3v) is 3.20. The molecular weight excluding hydrogens is 294 g/mol. The number of benzene rings is 1. The summed E-state index contributed by atoms with van der Waals surface area (Å²) in [4.78, 5) is 24.2. The molecule has 0 fully saturated rings. The van der Waals surface area contributed by atoms with Crippen LogP contribution in [0.15, 0.2) is 33.5 Å². The van der Waals surface area contributed by atoms with E-state index in [1.165, 1.54) is 0 Å². The first-order chi connectivity index (χ1) is 10.8. The van der Waals surface area contributed by atoms with Crippen molar-refractivity contribution < 1.29 is 13.9 Å². The van der Waals surface area contributed by atoms with Crippen molar-refractivity contribution in [2.24, 2.45) is 0 Å². The Hall–Kier alpha value is -2.30. The van der Waals surface area contributed by atoms with Crippen LogP contribution in [0, 0.1) is 0 Å². The SMILES string of the molecule is CCCCNC(=O)c1cc2cccc(OC(C)(C)C)c2oc1=O. The number of carbonyl (C=O) groups is 1. The molecule has 0 bridgehead atoms. The van der Waals surface area contributed by atoms with Crippen LogP contribution in [0.2, 0.25) is 0 Å². The molecule has 0 radical (unpaired) electrons. The number of carbonyl (C=O) groups excluding carboxylic acids is 1. The molecule has 2 rings (SSSR count). The van der Waals surface area contributed by atoms with E-state index in [1.807, 2.05) is 33.8 Å². The number of unbranched alkanes of at least 4 members (excludes halogenated alkanes) is 1. The molecule has 0 aliphatic rings. The van der Waals surface area contributed by atoms with Crippen molar-refractivity contribution in [1.82, 2.24) is 5.32 Å². The summed E-state index contributed by atoms with van der Waals surface area (Å²) in [5.41, 5.74) is -0.696. The number of ether oxygens (including phenoxy) is 1. The lowest BCUT2D eigenvalue weighted by molar-refractivity contribution is 0.0949. The Bertz CT molecular complexity index is 756. The molecule has 1 aromatic carbocycles. The zero-order valence-electron chi connectivity index (χ0n) is 14.1. The molecule has 0 spiro atoms. The van der Waals surface area contributed by atoms with Crippen LogP contribution < -0.4 is 15.7 Å². The topological polar surface area (TPSA) is 68.5 Å². The Balaban J connectivity index is 2.39. The molecule has 2 aromatic rings. The molecule has 23 heavy (non-hydrogen) atoms. The normalized spacial score (nSPS) is 11.5. The van der Waals surface area contributed by atoms with E-state index >= 15 is 0 Å². The van der Waals surface area contributed by atoms with Crippen LogP contribution in [0.25, 0.3) is 11.0 Å². The first kappa shape index (κ1) is 17.1. The van der Waals surface area contributed by atoms with E-state index in [1.54, 1.807) is 18.2 Å². The largest absolute Gasteiger partial charge is 0.484 e. The van der Waals surface area contributed by atoms with Gasteiger partial charge in [0.05, 0.1) is 0 Å². The van der Waals surface area contributed by atoms with Crippen molar-refractivity contribution >= 4 is 16.9 Å². The third-order valence-electron chi connectivity index (χ3n) is 3.20. The maximum atomic E-state index is 12.1. The van der Waals surface area contributed by atoms with Gasteiger partial charge in [-0.15, -0.1) is 0 Å². The average molecular weight is 317 g/mol. The highest BCUT2D eigenvalue weighted by molar-refractivity contribution is 5.97. The van der Waals surface area contributed by atoms with Crippen LogP contribution in [0.3, 0.4) is 0 Å². The molecule has 1 amide bonds. The van der Waals surface area contributed by atoms with E-state index in [0.29, 0.717) is 23.3 Å². The molecule has 124 valence electrons. The van der Waals surface area contributed by atoms with Crippen molar-refractivity contribution in [3.05, 3.63) is 40.2 Å². The fourth-order valence-corrected chi connectivity index (χ4v) is 2.16. The molecule has 1 N–H and O–H groups in total. The zero-order valence-corrected chi connectivity index (χ0v) is 14.1. The Morgan fingerprint density at radius 1 is 1.30 bits per heavy atom. The predicted molar refractivity (Wildman–Crippen MR) is 90.1 cm³/mol. The smallest absolute Gasteiger partial charge is 0.349 e. The van der Waals surface area contributed by atoms with Gasteiger partial charge in [-0.1, -0.05) is 25.5 Å². The van der Waals surface area contributed by atoms with Gasteiger partial charge in [0, 0.05) is 11.9 Å².